The normalized spacial score (nSPS) is 14.2. The van der Waals surface area contributed by atoms with Crippen LogP contribution in [0, 0.1) is 0 Å². The Balaban J connectivity index is 1.89. The van der Waals surface area contributed by atoms with Crippen molar-refractivity contribution in [1.82, 2.24) is 4.90 Å². The van der Waals surface area contributed by atoms with Crippen LogP contribution in [0.15, 0.2) is 109 Å². The van der Waals surface area contributed by atoms with Crippen molar-refractivity contribution in [2.45, 2.75) is 25.0 Å². The summed E-state index contributed by atoms with van der Waals surface area (Å²) in [7, 11) is 0. The van der Waals surface area contributed by atoms with Gasteiger partial charge in [0.2, 0.25) is 0 Å². The SMILES string of the molecule is CCC(C(=O)OC(c1ccccc1)(c1ccccc1)c1ccccc1Cl)N1C=CC=CC1. The number of allylic oxidation sites excluding steroid dienone is 2. The monoisotopic (exact) mass is 443 g/mol. The molecule has 0 aromatic heterocycles. The highest BCUT2D eigenvalue weighted by Crippen LogP contribution is 2.43. The summed E-state index contributed by atoms with van der Waals surface area (Å²) in [5.74, 6) is -0.292. The van der Waals surface area contributed by atoms with Gasteiger partial charge in [0.25, 0.3) is 0 Å². The zero-order valence-corrected chi connectivity index (χ0v) is 18.8. The quantitative estimate of drug-likeness (QED) is 0.315. The lowest BCUT2D eigenvalue weighted by molar-refractivity contribution is -0.159. The minimum absolute atomic E-state index is 0.292. The standard InChI is InChI=1S/C28H26ClNO2/c1-2-26(30-20-12-5-13-21-30)27(31)32-28(22-14-6-3-7-15-22,23-16-8-4-9-17-23)24-18-10-11-19-25(24)29/h3-20,26H,2,21H2,1H3. The fraction of sp³-hybridized carbons (Fsp3) is 0.179. The molecule has 1 aliphatic rings. The third-order valence-corrected chi connectivity index (χ3v) is 6.10. The van der Waals surface area contributed by atoms with Crippen LogP contribution in [0.4, 0.5) is 0 Å². The number of hydrogen-bond donors (Lipinski definition) is 0. The lowest BCUT2D eigenvalue weighted by atomic mass is 9.80. The van der Waals surface area contributed by atoms with Crippen LogP contribution in [0.25, 0.3) is 0 Å². The average molecular weight is 444 g/mol. The first-order valence-corrected chi connectivity index (χ1v) is 11.2. The fourth-order valence-corrected chi connectivity index (χ4v) is 4.48. The van der Waals surface area contributed by atoms with E-state index in [0.29, 0.717) is 18.0 Å². The molecule has 1 atom stereocenters. The lowest BCUT2D eigenvalue weighted by Crippen LogP contribution is -2.44. The van der Waals surface area contributed by atoms with Crippen molar-refractivity contribution in [3.8, 4) is 0 Å². The van der Waals surface area contributed by atoms with Gasteiger partial charge in [-0.15, -0.1) is 0 Å². The molecule has 3 aromatic rings. The molecule has 3 nitrogen and oxygen atoms in total. The van der Waals surface area contributed by atoms with Gasteiger partial charge in [0, 0.05) is 34.5 Å². The molecule has 4 rings (SSSR count). The van der Waals surface area contributed by atoms with Gasteiger partial charge in [-0.25, -0.2) is 4.79 Å². The molecule has 162 valence electrons. The zero-order chi connectivity index (χ0) is 22.4. The summed E-state index contributed by atoms with van der Waals surface area (Å²) >= 11 is 6.73. The summed E-state index contributed by atoms with van der Waals surface area (Å²) in [5, 5.41) is 0.543. The van der Waals surface area contributed by atoms with E-state index in [0.717, 1.165) is 16.7 Å². The highest BCUT2D eigenvalue weighted by Gasteiger charge is 2.43. The van der Waals surface area contributed by atoms with Gasteiger partial charge in [0.15, 0.2) is 5.60 Å². The van der Waals surface area contributed by atoms with Crippen molar-refractivity contribution in [1.29, 1.82) is 0 Å². The molecule has 3 aromatic carbocycles. The Kier molecular flexibility index (Phi) is 6.77. The Morgan fingerprint density at radius 2 is 1.53 bits per heavy atom. The maximum absolute atomic E-state index is 13.8. The van der Waals surface area contributed by atoms with E-state index < -0.39 is 11.6 Å². The molecular weight excluding hydrogens is 418 g/mol. The minimum Gasteiger partial charge on any atom is -0.443 e. The molecule has 0 N–H and O–H groups in total. The maximum atomic E-state index is 13.8. The van der Waals surface area contributed by atoms with Gasteiger partial charge >= 0.3 is 5.97 Å². The van der Waals surface area contributed by atoms with E-state index in [1.807, 2.05) is 121 Å². The molecule has 0 saturated carbocycles. The Hall–Kier alpha value is -3.30. The van der Waals surface area contributed by atoms with Crippen LogP contribution in [-0.2, 0) is 15.1 Å². The van der Waals surface area contributed by atoms with Crippen LogP contribution < -0.4 is 0 Å². The van der Waals surface area contributed by atoms with Crippen LogP contribution in [-0.4, -0.2) is 23.5 Å². The van der Waals surface area contributed by atoms with Gasteiger partial charge in [-0.2, -0.15) is 0 Å². The van der Waals surface area contributed by atoms with Crippen LogP contribution in [0.1, 0.15) is 30.0 Å². The Morgan fingerprint density at radius 1 is 0.938 bits per heavy atom. The zero-order valence-electron chi connectivity index (χ0n) is 18.0. The molecule has 1 unspecified atom stereocenters. The van der Waals surface area contributed by atoms with Gasteiger partial charge < -0.3 is 9.64 Å². The van der Waals surface area contributed by atoms with E-state index in [9.17, 15) is 4.79 Å². The van der Waals surface area contributed by atoms with Crippen molar-refractivity contribution in [2.75, 3.05) is 6.54 Å². The number of hydrogen-bond acceptors (Lipinski definition) is 3. The predicted molar refractivity (Wildman–Crippen MR) is 129 cm³/mol. The van der Waals surface area contributed by atoms with E-state index in [-0.39, 0.29) is 5.97 Å². The molecule has 32 heavy (non-hydrogen) atoms. The second-order valence-corrected chi connectivity index (χ2v) is 8.11. The molecule has 0 fully saturated rings. The Morgan fingerprint density at radius 3 is 2.06 bits per heavy atom. The van der Waals surface area contributed by atoms with Gasteiger partial charge in [-0.1, -0.05) is 110 Å². The van der Waals surface area contributed by atoms with E-state index in [1.165, 1.54) is 0 Å². The number of benzene rings is 3. The van der Waals surface area contributed by atoms with E-state index >= 15 is 0 Å². The molecule has 0 bridgehead atoms. The summed E-state index contributed by atoms with van der Waals surface area (Å²) in [4.78, 5) is 15.8. The fourth-order valence-electron chi connectivity index (χ4n) is 4.21. The molecule has 0 saturated heterocycles. The van der Waals surface area contributed by atoms with E-state index in [4.69, 9.17) is 16.3 Å². The highest BCUT2D eigenvalue weighted by molar-refractivity contribution is 6.31. The third-order valence-electron chi connectivity index (χ3n) is 5.77. The van der Waals surface area contributed by atoms with Crippen LogP contribution in [0.3, 0.4) is 0 Å². The first kappa shape index (κ1) is 21.9. The number of halogens is 1. The van der Waals surface area contributed by atoms with Crippen LogP contribution >= 0.6 is 11.6 Å². The first-order valence-electron chi connectivity index (χ1n) is 10.8. The molecule has 1 aliphatic heterocycles. The Bertz CT molecular complexity index is 1070. The van der Waals surface area contributed by atoms with Crippen molar-refractivity contribution >= 4 is 17.6 Å². The number of ether oxygens (including phenoxy) is 1. The first-order chi connectivity index (χ1) is 15.7. The van der Waals surface area contributed by atoms with Gasteiger partial charge in [0.05, 0.1) is 0 Å². The summed E-state index contributed by atoms with van der Waals surface area (Å²) in [6.45, 7) is 2.67. The molecule has 4 heteroatoms. The topological polar surface area (TPSA) is 29.5 Å². The van der Waals surface area contributed by atoms with Crippen molar-refractivity contribution in [3.63, 3.8) is 0 Å². The Labute approximate surface area is 194 Å². The molecule has 0 radical (unpaired) electrons. The average Bonchev–Trinajstić information content (AvgIpc) is 2.85. The number of esters is 1. The number of nitrogens with zero attached hydrogens (tertiary/aromatic N) is 1. The number of carbonyl (C=O) groups excluding carboxylic acids is 1. The largest absolute Gasteiger partial charge is 0.443 e. The number of carbonyl (C=O) groups is 1. The molecule has 1 heterocycles. The third kappa shape index (κ3) is 4.21. The van der Waals surface area contributed by atoms with Crippen LogP contribution in [0.5, 0.6) is 0 Å². The van der Waals surface area contributed by atoms with Gasteiger partial charge in [0.1, 0.15) is 6.04 Å². The molecule has 0 aliphatic carbocycles. The molecule has 0 spiro atoms. The second kappa shape index (κ2) is 9.88. The van der Waals surface area contributed by atoms with Crippen LogP contribution in [0.2, 0.25) is 5.02 Å². The van der Waals surface area contributed by atoms with E-state index in [1.54, 1.807) is 0 Å². The lowest BCUT2D eigenvalue weighted by Gasteiger charge is -2.38. The van der Waals surface area contributed by atoms with Crippen molar-refractivity contribution < 1.29 is 9.53 Å². The molecular formula is C28H26ClNO2. The summed E-state index contributed by atoms with van der Waals surface area (Å²) in [6.07, 6.45) is 8.52. The smallest absolute Gasteiger partial charge is 0.330 e. The molecule has 0 amide bonds. The van der Waals surface area contributed by atoms with Crippen molar-refractivity contribution in [3.05, 3.63) is 131 Å². The maximum Gasteiger partial charge on any atom is 0.330 e. The summed E-state index contributed by atoms with van der Waals surface area (Å²) < 4.78 is 6.56. The highest BCUT2D eigenvalue weighted by atomic mass is 35.5. The van der Waals surface area contributed by atoms with Gasteiger partial charge in [-0.3, -0.25) is 0 Å². The summed E-state index contributed by atoms with van der Waals surface area (Å²) in [5.41, 5.74) is 1.24. The van der Waals surface area contributed by atoms with E-state index in [2.05, 4.69) is 0 Å². The number of rotatable bonds is 7. The second-order valence-electron chi connectivity index (χ2n) is 7.70. The minimum atomic E-state index is -1.18. The van der Waals surface area contributed by atoms with Crippen molar-refractivity contribution in [2.24, 2.45) is 0 Å². The predicted octanol–water partition coefficient (Wildman–Crippen LogP) is 6.34. The summed E-state index contributed by atoms with van der Waals surface area (Å²) in [6, 6.07) is 26.8. The van der Waals surface area contributed by atoms with Gasteiger partial charge in [-0.05, 0) is 18.6 Å².